The summed E-state index contributed by atoms with van der Waals surface area (Å²) < 4.78 is 15.8. The van der Waals surface area contributed by atoms with Crippen molar-refractivity contribution in [2.24, 2.45) is 0 Å². The van der Waals surface area contributed by atoms with E-state index in [-0.39, 0.29) is 5.82 Å². The number of hydrogen-bond donors (Lipinski definition) is 3. The number of nitrogens with zero attached hydrogens (tertiary/aromatic N) is 3. The zero-order valence-electron chi connectivity index (χ0n) is 16.3. The number of thiophene rings is 1. The maximum absolute atomic E-state index is 14.8. The van der Waals surface area contributed by atoms with Gasteiger partial charge in [0.15, 0.2) is 0 Å². The summed E-state index contributed by atoms with van der Waals surface area (Å²) in [4.78, 5) is 11.2. The second-order valence-electron chi connectivity index (χ2n) is 8.22. The van der Waals surface area contributed by atoms with Gasteiger partial charge >= 0.3 is 0 Å². The Balaban J connectivity index is 1.36. The van der Waals surface area contributed by atoms with Crippen LogP contribution >= 0.6 is 11.3 Å². The number of hydrogen-bond acceptors (Lipinski definition) is 7. The van der Waals surface area contributed by atoms with E-state index >= 15 is 0 Å². The van der Waals surface area contributed by atoms with E-state index in [4.69, 9.17) is 0 Å². The molecule has 152 valence electrons. The number of nitrogens with one attached hydrogen (secondary N) is 2. The molecule has 1 saturated heterocycles. The summed E-state index contributed by atoms with van der Waals surface area (Å²) in [5.74, 6) is 1.01. The predicted molar refractivity (Wildman–Crippen MR) is 116 cm³/mol. The number of rotatable bonds is 5. The molecule has 0 radical (unpaired) electrons. The Bertz CT molecular complexity index is 1040. The third-order valence-corrected chi connectivity index (χ3v) is 6.52. The van der Waals surface area contributed by atoms with Crippen molar-refractivity contribution in [3.8, 4) is 0 Å². The van der Waals surface area contributed by atoms with Gasteiger partial charge in [-0.2, -0.15) is 4.98 Å². The van der Waals surface area contributed by atoms with Gasteiger partial charge < -0.3 is 20.6 Å². The van der Waals surface area contributed by atoms with Gasteiger partial charge in [-0.15, -0.1) is 11.3 Å². The highest BCUT2D eigenvalue weighted by atomic mass is 32.1. The zero-order chi connectivity index (χ0) is 20.0. The first-order valence-electron chi connectivity index (χ1n) is 10.0. The molecule has 2 aromatic heterocycles. The highest BCUT2D eigenvalue weighted by Crippen LogP contribution is 2.33. The molecule has 2 aliphatic rings. The standard InChI is InChI=1S/C21H24FN5OS/c1-21(28)7-9-27(10-8-21)17-5-4-14(12-15(17)22)24-20-25-16-6-11-29-18(16)19(26-20)23-13-2-3-13/h4-6,11-13,28H,2-3,7-10H2,1H3,(H2,23,24,25,26). The van der Waals surface area contributed by atoms with E-state index in [1.807, 2.05) is 29.3 Å². The first-order chi connectivity index (χ1) is 14.0. The van der Waals surface area contributed by atoms with Crippen molar-refractivity contribution in [3.05, 3.63) is 35.5 Å². The van der Waals surface area contributed by atoms with Gasteiger partial charge in [0.1, 0.15) is 11.6 Å². The SMILES string of the molecule is CC1(O)CCN(c2ccc(Nc3nc(NC4CC4)c4sccc4n3)cc2F)CC1. The van der Waals surface area contributed by atoms with Crippen molar-refractivity contribution in [2.75, 3.05) is 28.6 Å². The van der Waals surface area contributed by atoms with E-state index in [1.54, 1.807) is 17.4 Å². The Morgan fingerprint density at radius 2 is 2.00 bits per heavy atom. The summed E-state index contributed by atoms with van der Waals surface area (Å²) in [7, 11) is 0. The van der Waals surface area contributed by atoms with Crippen LogP contribution in [0.15, 0.2) is 29.6 Å². The normalized spacial score (nSPS) is 18.8. The highest BCUT2D eigenvalue weighted by Gasteiger charge is 2.28. The van der Waals surface area contributed by atoms with Crippen molar-refractivity contribution in [2.45, 2.75) is 44.2 Å². The minimum atomic E-state index is -0.654. The van der Waals surface area contributed by atoms with Gasteiger partial charge in [0.25, 0.3) is 0 Å². The van der Waals surface area contributed by atoms with Gasteiger partial charge in [-0.25, -0.2) is 9.37 Å². The summed E-state index contributed by atoms with van der Waals surface area (Å²) >= 11 is 1.62. The third kappa shape index (κ3) is 4.00. The Morgan fingerprint density at radius 1 is 1.21 bits per heavy atom. The Labute approximate surface area is 172 Å². The average molecular weight is 414 g/mol. The monoisotopic (exact) mass is 413 g/mol. The first kappa shape index (κ1) is 18.6. The third-order valence-electron chi connectivity index (χ3n) is 5.61. The zero-order valence-corrected chi connectivity index (χ0v) is 17.1. The molecular formula is C21H24FN5OS. The molecule has 0 unspecified atom stereocenters. The first-order valence-corrected chi connectivity index (χ1v) is 10.9. The minimum absolute atomic E-state index is 0.288. The topological polar surface area (TPSA) is 73.3 Å². The van der Waals surface area contributed by atoms with Gasteiger partial charge in [0.2, 0.25) is 5.95 Å². The molecule has 0 spiro atoms. The van der Waals surface area contributed by atoms with Crippen LogP contribution in [0.5, 0.6) is 0 Å². The van der Waals surface area contributed by atoms with Gasteiger partial charge in [0.05, 0.1) is 21.5 Å². The Kier molecular flexibility index (Phi) is 4.55. The van der Waals surface area contributed by atoms with Crippen LogP contribution in [0.4, 0.5) is 27.5 Å². The summed E-state index contributed by atoms with van der Waals surface area (Å²) in [6.45, 7) is 3.13. The number of benzene rings is 1. The van der Waals surface area contributed by atoms with Crippen molar-refractivity contribution >= 4 is 44.7 Å². The van der Waals surface area contributed by atoms with Crippen molar-refractivity contribution in [3.63, 3.8) is 0 Å². The van der Waals surface area contributed by atoms with Crippen molar-refractivity contribution < 1.29 is 9.50 Å². The van der Waals surface area contributed by atoms with E-state index in [0.29, 0.717) is 49.3 Å². The van der Waals surface area contributed by atoms with E-state index in [9.17, 15) is 9.50 Å². The molecule has 3 heterocycles. The van der Waals surface area contributed by atoms with Crippen LogP contribution in [-0.4, -0.2) is 39.8 Å². The molecule has 3 N–H and O–H groups in total. The number of anilines is 4. The molecule has 1 aliphatic heterocycles. The molecule has 3 aromatic rings. The average Bonchev–Trinajstić information content (AvgIpc) is 3.36. The van der Waals surface area contributed by atoms with Crippen molar-refractivity contribution in [1.82, 2.24) is 9.97 Å². The number of piperidine rings is 1. The van der Waals surface area contributed by atoms with Gasteiger partial charge in [-0.3, -0.25) is 0 Å². The quantitative estimate of drug-likeness (QED) is 0.572. The molecule has 8 heteroatoms. The van der Waals surface area contributed by atoms with Gasteiger partial charge in [0, 0.05) is 24.8 Å². The van der Waals surface area contributed by atoms with Crippen LogP contribution in [0, 0.1) is 5.82 Å². The smallest absolute Gasteiger partial charge is 0.229 e. The van der Waals surface area contributed by atoms with Crippen molar-refractivity contribution in [1.29, 1.82) is 0 Å². The lowest BCUT2D eigenvalue weighted by atomic mass is 9.93. The van der Waals surface area contributed by atoms with Crippen LogP contribution < -0.4 is 15.5 Å². The number of fused-ring (bicyclic) bond motifs is 1. The highest BCUT2D eigenvalue weighted by molar-refractivity contribution is 7.17. The number of halogens is 1. The summed E-state index contributed by atoms with van der Waals surface area (Å²) in [6.07, 6.45) is 3.60. The van der Waals surface area contributed by atoms with Crippen LogP contribution in [0.25, 0.3) is 10.2 Å². The fourth-order valence-electron chi connectivity index (χ4n) is 3.64. The number of aromatic nitrogens is 2. The molecule has 0 atom stereocenters. The molecule has 5 rings (SSSR count). The van der Waals surface area contributed by atoms with Crippen LogP contribution in [0.2, 0.25) is 0 Å². The molecule has 2 fully saturated rings. The predicted octanol–water partition coefficient (Wildman–Crippen LogP) is 4.50. The molecular weight excluding hydrogens is 389 g/mol. The number of aliphatic hydroxyl groups is 1. The molecule has 6 nitrogen and oxygen atoms in total. The maximum atomic E-state index is 14.8. The largest absolute Gasteiger partial charge is 0.390 e. The van der Waals surface area contributed by atoms with E-state index in [0.717, 1.165) is 28.9 Å². The lowest BCUT2D eigenvalue weighted by molar-refractivity contribution is 0.0350. The van der Waals surface area contributed by atoms with Crippen LogP contribution in [-0.2, 0) is 0 Å². The summed E-state index contributed by atoms with van der Waals surface area (Å²) in [6, 6.07) is 7.58. The Morgan fingerprint density at radius 3 is 2.72 bits per heavy atom. The summed E-state index contributed by atoms with van der Waals surface area (Å²) in [5.41, 5.74) is 1.41. The van der Waals surface area contributed by atoms with Gasteiger partial charge in [-0.1, -0.05) is 0 Å². The van der Waals surface area contributed by atoms with Gasteiger partial charge in [-0.05, 0) is 62.3 Å². The summed E-state index contributed by atoms with van der Waals surface area (Å²) in [5, 5.41) is 18.7. The Hall–Kier alpha value is -2.45. The second-order valence-corrected chi connectivity index (χ2v) is 9.14. The minimum Gasteiger partial charge on any atom is -0.390 e. The molecule has 1 aliphatic carbocycles. The molecule has 29 heavy (non-hydrogen) atoms. The lowest BCUT2D eigenvalue weighted by Crippen LogP contribution is -2.42. The van der Waals surface area contributed by atoms with E-state index in [2.05, 4.69) is 20.6 Å². The second kappa shape index (κ2) is 7.11. The fourth-order valence-corrected chi connectivity index (χ4v) is 4.42. The van der Waals surface area contributed by atoms with Crippen LogP contribution in [0.3, 0.4) is 0 Å². The maximum Gasteiger partial charge on any atom is 0.229 e. The molecule has 1 aromatic carbocycles. The van der Waals surface area contributed by atoms with E-state index < -0.39 is 5.60 Å². The molecule has 0 amide bonds. The lowest BCUT2D eigenvalue weighted by Gasteiger charge is -2.37. The fraction of sp³-hybridized carbons (Fsp3) is 0.429. The molecule has 0 bridgehead atoms. The van der Waals surface area contributed by atoms with E-state index in [1.165, 1.54) is 6.07 Å². The van der Waals surface area contributed by atoms with Crippen LogP contribution in [0.1, 0.15) is 32.6 Å². The molecule has 1 saturated carbocycles.